The Morgan fingerprint density at radius 2 is 1.50 bits per heavy atom. The van der Waals surface area contributed by atoms with Crippen LogP contribution in [0.15, 0.2) is 60.7 Å². The molecule has 0 aromatic heterocycles. The van der Waals surface area contributed by atoms with Crippen LogP contribution in [-0.2, 0) is 9.47 Å². The van der Waals surface area contributed by atoms with E-state index in [2.05, 4.69) is 18.8 Å². The van der Waals surface area contributed by atoms with Crippen molar-refractivity contribution in [3.63, 3.8) is 0 Å². The van der Waals surface area contributed by atoms with E-state index in [0.717, 1.165) is 40.7 Å². The molecule has 30 heavy (non-hydrogen) atoms. The van der Waals surface area contributed by atoms with Crippen LogP contribution in [0.25, 0.3) is 10.8 Å². The highest BCUT2D eigenvalue weighted by Crippen LogP contribution is 2.27. The van der Waals surface area contributed by atoms with E-state index >= 15 is 0 Å². The van der Waals surface area contributed by atoms with Crippen LogP contribution < -0.4 is 0 Å². The van der Waals surface area contributed by atoms with Crippen LogP contribution in [0.3, 0.4) is 0 Å². The van der Waals surface area contributed by atoms with E-state index in [9.17, 15) is 4.39 Å². The van der Waals surface area contributed by atoms with Crippen molar-refractivity contribution in [2.45, 2.75) is 38.9 Å². The summed E-state index contributed by atoms with van der Waals surface area (Å²) in [7, 11) is 0. The van der Waals surface area contributed by atoms with E-state index in [0.29, 0.717) is 5.92 Å². The van der Waals surface area contributed by atoms with Gasteiger partial charge in [-0.2, -0.15) is 0 Å². The topological polar surface area (TPSA) is 18.5 Å². The van der Waals surface area contributed by atoms with Crippen LogP contribution in [0.1, 0.15) is 55.6 Å². The second-order valence-electron chi connectivity index (χ2n) is 7.94. The summed E-state index contributed by atoms with van der Waals surface area (Å²) in [4.78, 5) is 0. The molecule has 0 radical (unpaired) electrons. The fourth-order valence-corrected chi connectivity index (χ4v) is 3.75. The lowest BCUT2D eigenvalue weighted by Gasteiger charge is -2.29. The number of fused-ring (bicyclic) bond motifs is 1. The lowest BCUT2D eigenvalue weighted by Crippen LogP contribution is -2.27. The van der Waals surface area contributed by atoms with E-state index < -0.39 is 0 Å². The summed E-state index contributed by atoms with van der Waals surface area (Å²) in [5.41, 5.74) is 2.87. The summed E-state index contributed by atoms with van der Waals surface area (Å²) in [6.07, 6.45) is 4.67. The number of hydrogen-bond donors (Lipinski definition) is 0. The molecule has 0 aliphatic carbocycles. The van der Waals surface area contributed by atoms with Gasteiger partial charge in [0.25, 0.3) is 0 Å². The van der Waals surface area contributed by atoms with Gasteiger partial charge in [-0.25, -0.2) is 4.39 Å². The van der Waals surface area contributed by atoms with Gasteiger partial charge >= 0.3 is 0 Å². The molecule has 4 rings (SSSR count). The van der Waals surface area contributed by atoms with Crippen LogP contribution in [-0.4, -0.2) is 13.2 Å². The number of unbranched alkanes of at least 4 members (excludes halogenated alkanes) is 2. The molecule has 1 aliphatic rings. The molecule has 0 spiro atoms. The quantitative estimate of drug-likeness (QED) is 0.353. The maximum absolute atomic E-state index is 13.3. The third-order valence-electron chi connectivity index (χ3n) is 5.52. The van der Waals surface area contributed by atoms with E-state index in [4.69, 9.17) is 9.47 Å². The lowest BCUT2D eigenvalue weighted by atomic mass is 10.0. The smallest absolute Gasteiger partial charge is 0.183 e. The van der Waals surface area contributed by atoms with Crippen LogP contribution in [0.4, 0.5) is 4.39 Å². The molecular formula is C27H27FO2. The van der Waals surface area contributed by atoms with Gasteiger partial charge in [-0.05, 0) is 53.6 Å². The average molecular weight is 403 g/mol. The highest BCUT2D eigenvalue weighted by Gasteiger charge is 2.23. The highest BCUT2D eigenvalue weighted by atomic mass is 19.1. The summed E-state index contributed by atoms with van der Waals surface area (Å²) in [6.45, 7) is 3.76. The molecular weight excluding hydrogens is 375 g/mol. The summed E-state index contributed by atoms with van der Waals surface area (Å²) in [5.74, 6) is 6.68. The Labute approximate surface area is 178 Å². The minimum atomic E-state index is -0.282. The Morgan fingerprint density at radius 3 is 2.27 bits per heavy atom. The van der Waals surface area contributed by atoms with Gasteiger partial charge in [0, 0.05) is 22.6 Å². The van der Waals surface area contributed by atoms with Gasteiger partial charge in [-0.1, -0.05) is 62.3 Å². The standard InChI is InChI=1S/C27H27FO2/c1-2-3-4-5-22-18-29-27(30-19-22)23-11-8-20(9-12-23)6-7-21-10-13-25-17-26(28)15-14-24(25)16-21/h8-17,22,27H,2-5,18-19H2,1H3. The lowest BCUT2D eigenvalue weighted by molar-refractivity contribution is -0.206. The van der Waals surface area contributed by atoms with Crippen molar-refractivity contribution in [1.29, 1.82) is 0 Å². The van der Waals surface area contributed by atoms with Crippen molar-refractivity contribution in [1.82, 2.24) is 0 Å². The Bertz CT molecular complexity index is 1040. The summed E-state index contributed by atoms with van der Waals surface area (Å²) in [5, 5.41) is 1.86. The fourth-order valence-electron chi connectivity index (χ4n) is 3.75. The second-order valence-corrected chi connectivity index (χ2v) is 7.94. The summed E-state index contributed by atoms with van der Waals surface area (Å²) >= 11 is 0. The monoisotopic (exact) mass is 402 g/mol. The zero-order valence-corrected chi connectivity index (χ0v) is 17.4. The highest BCUT2D eigenvalue weighted by molar-refractivity contribution is 5.83. The Morgan fingerprint density at radius 1 is 0.833 bits per heavy atom. The molecule has 0 bridgehead atoms. The molecule has 1 saturated heterocycles. The second kappa shape index (κ2) is 9.89. The Kier molecular flexibility index (Phi) is 6.79. The SMILES string of the molecule is CCCCCC1COC(c2ccc(C#Cc3ccc4cc(F)ccc4c3)cc2)OC1. The number of hydrogen-bond acceptors (Lipinski definition) is 2. The maximum Gasteiger partial charge on any atom is 0.183 e. The van der Waals surface area contributed by atoms with Crippen LogP contribution in [0.5, 0.6) is 0 Å². The van der Waals surface area contributed by atoms with E-state index in [1.165, 1.54) is 37.8 Å². The molecule has 3 aromatic rings. The van der Waals surface area contributed by atoms with Crippen LogP contribution in [0.2, 0.25) is 0 Å². The molecule has 154 valence electrons. The predicted molar refractivity (Wildman–Crippen MR) is 119 cm³/mol. The number of rotatable bonds is 5. The van der Waals surface area contributed by atoms with Gasteiger partial charge in [0.2, 0.25) is 0 Å². The van der Waals surface area contributed by atoms with Crippen LogP contribution >= 0.6 is 0 Å². The number of benzene rings is 3. The van der Waals surface area contributed by atoms with Crippen molar-refractivity contribution in [3.05, 3.63) is 83.2 Å². The van der Waals surface area contributed by atoms with Crippen molar-refractivity contribution in [2.24, 2.45) is 5.92 Å². The molecule has 3 aromatic carbocycles. The minimum absolute atomic E-state index is 0.223. The molecule has 1 aliphatic heterocycles. The van der Waals surface area contributed by atoms with Crippen molar-refractivity contribution < 1.29 is 13.9 Å². The molecule has 0 amide bonds. The van der Waals surface area contributed by atoms with Gasteiger partial charge in [-0.3, -0.25) is 0 Å². The normalized spacial score (nSPS) is 18.7. The van der Waals surface area contributed by atoms with Gasteiger partial charge < -0.3 is 9.47 Å². The van der Waals surface area contributed by atoms with E-state index in [-0.39, 0.29) is 12.1 Å². The molecule has 2 nitrogen and oxygen atoms in total. The third kappa shape index (κ3) is 5.27. The van der Waals surface area contributed by atoms with Gasteiger partial charge in [0.15, 0.2) is 6.29 Å². The first-order valence-electron chi connectivity index (χ1n) is 10.8. The maximum atomic E-state index is 13.3. The number of ether oxygens (including phenoxy) is 2. The summed E-state index contributed by atoms with van der Waals surface area (Å²) < 4.78 is 25.2. The molecule has 1 heterocycles. The molecule has 3 heteroatoms. The first-order chi connectivity index (χ1) is 14.7. The summed E-state index contributed by atoms with van der Waals surface area (Å²) in [6, 6.07) is 18.6. The number of halogens is 1. The first kappa shape index (κ1) is 20.6. The van der Waals surface area contributed by atoms with Gasteiger partial charge in [0.1, 0.15) is 5.82 Å². The largest absolute Gasteiger partial charge is 0.348 e. The average Bonchev–Trinajstić information content (AvgIpc) is 2.79. The molecule has 0 N–H and O–H groups in total. The fraction of sp³-hybridized carbons (Fsp3) is 0.333. The zero-order chi connectivity index (χ0) is 20.8. The van der Waals surface area contributed by atoms with E-state index in [1.54, 1.807) is 6.07 Å². The molecule has 0 atom stereocenters. The van der Waals surface area contributed by atoms with E-state index in [1.807, 2.05) is 42.5 Å². The zero-order valence-electron chi connectivity index (χ0n) is 17.4. The van der Waals surface area contributed by atoms with Gasteiger partial charge in [0.05, 0.1) is 13.2 Å². The third-order valence-corrected chi connectivity index (χ3v) is 5.52. The molecule has 1 fully saturated rings. The predicted octanol–water partition coefficient (Wildman–Crippen LogP) is 6.62. The van der Waals surface area contributed by atoms with Crippen molar-refractivity contribution >= 4 is 10.8 Å². The molecule has 0 saturated carbocycles. The van der Waals surface area contributed by atoms with Gasteiger partial charge in [-0.15, -0.1) is 0 Å². The van der Waals surface area contributed by atoms with Crippen molar-refractivity contribution in [3.8, 4) is 11.8 Å². The molecule has 0 unspecified atom stereocenters. The Hall–Kier alpha value is -2.67. The van der Waals surface area contributed by atoms with Crippen LogP contribution in [0, 0.1) is 23.6 Å². The Balaban J connectivity index is 1.36. The first-order valence-corrected chi connectivity index (χ1v) is 10.8. The minimum Gasteiger partial charge on any atom is -0.348 e. The van der Waals surface area contributed by atoms with Crippen molar-refractivity contribution in [2.75, 3.05) is 13.2 Å².